The van der Waals surface area contributed by atoms with Crippen molar-refractivity contribution >= 4 is 0 Å². The predicted octanol–water partition coefficient (Wildman–Crippen LogP) is 3.28. The summed E-state index contributed by atoms with van der Waals surface area (Å²) < 4.78 is 0. The van der Waals surface area contributed by atoms with E-state index in [9.17, 15) is 0 Å². The molecule has 0 aliphatic carbocycles. The molecule has 0 amide bonds. The van der Waals surface area contributed by atoms with E-state index in [1.807, 2.05) is 0 Å². The molecule has 18 heavy (non-hydrogen) atoms. The predicted molar refractivity (Wildman–Crippen MR) is 78.9 cm³/mol. The Kier molecular flexibility index (Phi) is 4.71. The first kappa shape index (κ1) is 14.3. The molecule has 0 aromatic carbocycles. The van der Waals surface area contributed by atoms with Crippen LogP contribution in [0.3, 0.4) is 0 Å². The molecule has 1 unspecified atom stereocenters. The second kappa shape index (κ2) is 5.92. The average Bonchev–Trinajstić information content (AvgIpc) is 2.84. The number of likely N-dealkylation sites (tertiary alicyclic amines) is 1. The maximum absolute atomic E-state index is 3.62. The molecule has 2 saturated heterocycles. The lowest BCUT2D eigenvalue weighted by molar-refractivity contribution is 0.116. The fourth-order valence-corrected chi connectivity index (χ4v) is 4.04. The van der Waals surface area contributed by atoms with Crippen molar-refractivity contribution in [3.8, 4) is 0 Å². The van der Waals surface area contributed by atoms with E-state index in [2.05, 4.69) is 31.0 Å². The van der Waals surface area contributed by atoms with Gasteiger partial charge < -0.3 is 10.2 Å². The standard InChI is InChI=1S/C16H32N2/c1-4-15(5-2)9-11-18(13-15)14-16(6-3)8-7-10-17-12-16/h17H,4-14H2,1-3H3. The minimum Gasteiger partial charge on any atom is -0.316 e. The van der Waals surface area contributed by atoms with Crippen molar-refractivity contribution in [2.75, 3.05) is 32.7 Å². The Bertz CT molecular complexity index is 252. The van der Waals surface area contributed by atoms with Crippen LogP contribution in [0.2, 0.25) is 0 Å². The van der Waals surface area contributed by atoms with E-state index in [-0.39, 0.29) is 0 Å². The van der Waals surface area contributed by atoms with E-state index in [0.29, 0.717) is 10.8 Å². The molecule has 2 aliphatic heterocycles. The summed E-state index contributed by atoms with van der Waals surface area (Å²) in [7, 11) is 0. The van der Waals surface area contributed by atoms with Gasteiger partial charge >= 0.3 is 0 Å². The highest BCUT2D eigenvalue weighted by molar-refractivity contribution is 4.93. The van der Waals surface area contributed by atoms with Gasteiger partial charge in [-0.3, -0.25) is 0 Å². The van der Waals surface area contributed by atoms with Crippen LogP contribution in [0.15, 0.2) is 0 Å². The third-order valence-corrected chi connectivity index (χ3v) is 5.89. The van der Waals surface area contributed by atoms with Crippen LogP contribution in [-0.2, 0) is 0 Å². The zero-order valence-corrected chi connectivity index (χ0v) is 12.7. The van der Waals surface area contributed by atoms with Gasteiger partial charge in [-0.05, 0) is 62.4 Å². The van der Waals surface area contributed by atoms with Gasteiger partial charge in [0.15, 0.2) is 0 Å². The molecule has 1 atom stereocenters. The molecule has 1 N–H and O–H groups in total. The molecule has 0 aromatic heterocycles. The Morgan fingerprint density at radius 3 is 2.22 bits per heavy atom. The number of hydrogen-bond acceptors (Lipinski definition) is 2. The molecule has 0 spiro atoms. The molecule has 0 aromatic rings. The number of rotatable bonds is 5. The first-order valence-corrected chi connectivity index (χ1v) is 8.11. The average molecular weight is 252 g/mol. The lowest BCUT2D eigenvalue weighted by Crippen LogP contribution is -2.47. The summed E-state index contributed by atoms with van der Waals surface area (Å²) in [4.78, 5) is 2.77. The zero-order chi connectivity index (χ0) is 13.1. The number of nitrogens with zero attached hydrogens (tertiary/aromatic N) is 1. The number of hydrogen-bond donors (Lipinski definition) is 1. The van der Waals surface area contributed by atoms with Crippen molar-refractivity contribution in [2.24, 2.45) is 10.8 Å². The molecule has 2 heteroatoms. The third kappa shape index (κ3) is 2.91. The molecule has 106 valence electrons. The van der Waals surface area contributed by atoms with Crippen LogP contribution in [0.25, 0.3) is 0 Å². The van der Waals surface area contributed by atoms with Crippen LogP contribution in [0.1, 0.15) is 59.3 Å². The van der Waals surface area contributed by atoms with E-state index < -0.39 is 0 Å². The van der Waals surface area contributed by atoms with Gasteiger partial charge in [-0.15, -0.1) is 0 Å². The van der Waals surface area contributed by atoms with Crippen molar-refractivity contribution in [2.45, 2.75) is 59.3 Å². The number of nitrogens with one attached hydrogen (secondary N) is 1. The van der Waals surface area contributed by atoms with E-state index >= 15 is 0 Å². The van der Waals surface area contributed by atoms with Crippen molar-refractivity contribution < 1.29 is 0 Å². The monoisotopic (exact) mass is 252 g/mol. The molecule has 2 fully saturated rings. The molecule has 2 rings (SSSR count). The highest BCUT2D eigenvalue weighted by Gasteiger charge is 2.39. The van der Waals surface area contributed by atoms with Crippen LogP contribution < -0.4 is 5.32 Å². The van der Waals surface area contributed by atoms with Crippen LogP contribution >= 0.6 is 0 Å². The Hall–Kier alpha value is -0.0800. The smallest absolute Gasteiger partial charge is 0.00503 e. The van der Waals surface area contributed by atoms with Gasteiger partial charge in [0.1, 0.15) is 0 Å². The largest absolute Gasteiger partial charge is 0.316 e. The fourth-order valence-electron chi connectivity index (χ4n) is 4.04. The highest BCUT2D eigenvalue weighted by Crippen LogP contribution is 2.39. The van der Waals surface area contributed by atoms with E-state index in [0.717, 1.165) is 0 Å². The van der Waals surface area contributed by atoms with Crippen molar-refractivity contribution in [3.63, 3.8) is 0 Å². The molecule has 0 saturated carbocycles. The van der Waals surface area contributed by atoms with Crippen LogP contribution in [0, 0.1) is 10.8 Å². The lowest BCUT2D eigenvalue weighted by atomic mass is 9.77. The molecule has 2 aliphatic rings. The molecular formula is C16H32N2. The summed E-state index contributed by atoms with van der Waals surface area (Å²) in [6.07, 6.45) is 8.27. The first-order valence-electron chi connectivity index (χ1n) is 8.11. The Labute approximate surface area is 114 Å². The summed E-state index contributed by atoms with van der Waals surface area (Å²) in [6, 6.07) is 0. The Morgan fingerprint density at radius 2 is 1.72 bits per heavy atom. The summed E-state index contributed by atoms with van der Waals surface area (Å²) >= 11 is 0. The van der Waals surface area contributed by atoms with Gasteiger partial charge in [0.25, 0.3) is 0 Å². The van der Waals surface area contributed by atoms with Crippen LogP contribution in [-0.4, -0.2) is 37.6 Å². The minimum atomic E-state index is 0.565. The van der Waals surface area contributed by atoms with Crippen molar-refractivity contribution in [1.82, 2.24) is 10.2 Å². The highest BCUT2D eigenvalue weighted by atomic mass is 15.2. The fraction of sp³-hybridized carbons (Fsp3) is 1.00. The summed E-state index contributed by atoms with van der Waals surface area (Å²) in [5.74, 6) is 0. The minimum absolute atomic E-state index is 0.565. The Balaban J connectivity index is 1.93. The normalized spacial score (nSPS) is 32.8. The van der Waals surface area contributed by atoms with Crippen LogP contribution in [0.5, 0.6) is 0 Å². The second-order valence-electron chi connectivity index (χ2n) is 6.80. The number of piperidine rings is 1. The first-order chi connectivity index (χ1) is 8.67. The maximum atomic E-state index is 3.62. The van der Waals surface area contributed by atoms with Gasteiger partial charge in [0, 0.05) is 19.6 Å². The van der Waals surface area contributed by atoms with Crippen LogP contribution in [0.4, 0.5) is 0 Å². The Morgan fingerprint density at radius 1 is 1.00 bits per heavy atom. The van der Waals surface area contributed by atoms with Gasteiger partial charge in [0.05, 0.1) is 0 Å². The van der Waals surface area contributed by atoms with Gasteiger partial charge in [-0.2, -0.15) is 0 Å². The molecule has 2 nitrogen and oxygen atoms in total. The summed E-state index contributed by atoms with van der Waals surface area (Å²) in [6.45, 7) is 13.6. The zero-order valence-electron chi connectivity index (χ0n) is 12.7. The van der Waals surface area contributed by atoms with E-state index in [1.54, 1.807) is 0 Å². The molecule has 0 bridgehead atoms. The summed E-state index contributed by atoms with van der Waals surface area (Å²) in [5, 5.41) is 3.62. The van der Waals surface area contributed by atoms with E-state index in [4.69, 9.17) is 0 Å². The van der Waals surface area contributed by atoms with Gasteiger partial charge in [0.2, 0.25) is 0 Å². The summed E-state index contributed by atoms with van der Waals surface area (Å²) in [5.41, 5.74) is 1.20. The van der Waals surface area contributed by atoms with E-state index in [1.165, 1.54) is 71.2 Å². The third-order valence-electron chi connectivity index (χ3n) is 5.89. The SMILES string of the molecule is CCC1(CC)CCN(CC2(CC)CCCNC2)C1. The lowest BCUT2D eigenvalue weighted by Gasteiger charge is -2.40. The molecular weight excluding hydrogens is 220 g/mol. The van der Waals surface area contributed by atoms with Gasteiger partial charge in [-0.1, -0.05) is 20.8 Å². The maximum Gasteiger partial charge on any atom is 0.00503 e. The van der Waals surface area contributed by atoms with Crippen molar-refractivity contribution in [1.29, 1.82) is 0 Å². The quantitative estimate of drug-likeness (QED) is 0.808. The van der Waals surface area contributed by atoms with Gasteiger partial charge in [-0.25, -0.2) is 0 Å². The second-order valence-corrected chi connectivity index (χ2v) is 6.80. The molecule has 0 radical (unpaired) electrons. The topological polar surface area (TPSA) is 15.3 Å². The van der Waals surface area contributed by atoms with Crippen molar-refractivity contribution in [3.05, 3.63) is 0 Å². The molecule has 2 heterocycles.